The van der Waals surface area contributed by atoms with Crippen molar-refractivity contribution < 1.29 is 14.0 Å². The summed E-state index contributed by atoms with van der Waals surface area (Å²) < 4.78 is 5.19. The number of hydrogen-bond acceptors (Lipinski definition) is 5. The number of rotatable bonds is 7. The van der Waals surface area contributed by atoms with E-state index < -0.39 is 6.04 Å². The fourth-order valence-electron chi connectivity index (χ4n) is 3.78. The van der Waals surface area contributed by atoms with Crippen LogP contribution in [0.2, 0.25) is 0 Å². The standard InChI is InChI=1S/C24H26N4O3/c29-23(22-9-5-15-31-22)26-21(16-19-6-2-1-3-7-19)24(30)28-13-11-27(12-14-28)18-20-8-4-10-25-17-20/h1-10,15,17,21H,11-14,16,18H2,(H,26,29). The average molecular weight is 418 g/mol. The molecule has 160 valence electrons. The number of pyridine rings is 1. The van der Waals surface area contributed by atoms with Crippen molar-refractivity contribution in [2.24, 2.45) is 0 Å². The second-order valence-electron chi connectivity index (χ2n) is 7.66. The molecule has 2 amide bonds. The number of benzene rings is 1. The van der Waals surface area contributed by atoms with Crippen molar-refractivity contribution in [2.75, 3.05) is 26.2 Å². The minimum Gasteiger partial charge on any atom is -0.459 e. The summed E-state index contributed by atoms with van der Waals surface area (Å²) in [7, 11) is 0. The fourth-order valence-corrected chi connectivity index (χ4v) is 3.78. The predicted molar refractivity (Wildman–Crippen MR) is 116 cm³/mol. The topological polar surface area (TPSA) is 78.7 Å². The van der Waals surface area contributed by atoms with Gasteiger partial charge in [0.05, 0.1) is 6.26 Å². The normalized spacial score (nSPS) is 15.4. The van der Waals surface area contributed by atoms with Gasteiger partial charge >= 0.3 is 0 Å². The Balaban J connectivity index is 1.40. The van der Waals surface area contributed by atoms with Crippen molar-refractivity contribution in [3.05, 3.63) is 90.1 Å². The highest BCUT2D eigenvalue weighted by molar-refractivity contribution is 5.95. The second-order valence-corrected chi connectivity index (χ2v) is 7.66. The van der Waals surface area contributed by atoms with E-state index in [1.165, 1.54) is 6.26 Å². The van der Waals surface area contributed by atoms with Crippen molar-refractivity contribution in [2.45, 2.75) is 19.0 Å². The number of nitrogens with zero attached hydrogens (tertiary/aromatic N) is 3. The lowest BCUT2D eigenvalue weighted by molar-refractivity contribution is -0.135. The van der Waals surface area contributed by atoms with Crippen LogP contribution in [0.25, 0.3) is 0 Å². The molecule has 1 unspecified atom stereocenters. The zero-order chi connectivity index (χ0) is 21.5. The highest BCUT2D eigenvalue weighted by Crippen LogP contribution is 2.12. The third kappa shape index (κ3) is 5.58. The van der Waals surface area contributed by atoms with Crippen molar-refractivity contribution in [1.82, 2.24) is 20.1 Å². The summed E-state index contributed by atoms with van der Waals surface area (Å²) in [5, 5.41) is 2.87. The molecule has 31 heavy (non-hydrogen) atoms. The first kappa shape index (κ1) is 20.8. The van der Waals surface area contributed by atoms with Gasteiger partial charge in [-0.15, -0.1) is 0 Å². The lowest BCUT2D eigenvalue weighted by Crippen LogP contribution is -2.55. The summed E-state index contributed by atoms with van der Waals surface area (Å²) >= 11 is 0. The van der Waals surface area contributed by atoms with Crippen LogP contribution in [-0.2, 0) is 17.8 Å². The van der Waals surface area contributed by atoms with Crippen LogP contribution in [0.3, 0.4) is 0 Å². The molecule has 2 aromatic heterocycles. The van der Waals surface area contributed by atoms with Crippen LogP contribution in [0, 0.1) is 0 Å². The molecular weight excluding hydrogens is 392 g/mol. The van der Waals surface area contributed by atoms with E-state index in [1.54, 1.807) is 18.3 Å². The summed E-state index contributed by atoms with van der Waals surface area (Å²) in [5.41, 5.74) is 2.16. The molecule has 4 rings (SSSR count). The number of amides is 2. The van der Waals surface area contributed by atoms with Crippen LogP contribution in [0.5, 0.6) is 0 Å². The number of piperazine rings is 1. The predicted octanol–water partition coefficient (Wildman–Crippen LogP) is 2.36. The van der Waals surface area contributed by atoms with Crippen molar-refractivity contribution in [3.63, 3.8) is 0 Å². The van der Waals surface area contributed by atoms with Crippen LogP contribution < -0.4 is 5.32 Å². The van der Waals surface area contributed by atoms with Crippen LogP contribution in [0.1, 0.15) is 21.7 Å². The molecule has 1 atom stereocenters. The Morgan fingerprint density at radius 1 is 0.968 bits per heavy atom. The number of hydrogen-bond donors (Lipinski definition) is 1. The van der Waals surface area contributed by atoms with E-state index in [-0.39, 0.29) is 17.6 Å². The summed E-state index contributed by atoms with van der Waals surface area (Å²) in [6, 6.07) is 16.3. The molecule has 1 N–H and O–H groups in total. The second kappa shape index (κ2) is 10.0. The number of furan rings is 1. The first-order chi connectivity index (χ1) is 15.2. The maximum atomic E-state index is 13.3. The molecule has 7 heteroatoms. The number of carbonyl (C=O) groups is 2. The van der Waals surface area contributed by atoms with Gasteiger partial charge in [-0.2, -0.15) is 0 Å². The molecule has 3 heterocycles. The molecule has 1 aliphatic rings. The van der Waals surface area contributed by atoms with Gasteiger partial charge in [0.15, 0.2) is 5.76 Å². The van der Waals surface area contributed by atoms with Crippen molar-refractivity contribution in [3.8, 4) is 0 Å². The van der Waals surface area contributed by atoms with Gasteiger partial charge in [-0.3, -0.25) is 19.5 Å². The van der Waals surface area contributed by atoms with Gasteiger partial charge in [-0.05, 0) is 29.3 Å². The Kier molecular flexibility index (Phi) is 6.74. The van der Waals surface area contributed by atoms with Crippen LogP contribution in [0.15, 0.2) is 77.7 Å². The lowest BCUT2D eigenvalue weighted by atomic mass is 10.0. The minimum absolute atomic E-state index is 0.0650. The van der Waals surface area contributed by atoms with Gasteiger partial charge in [0.1, 0.15) is 6.04 Å². The Labute approximate surface area is 181 Å². The SMILES string of the molecule is O=C(NC(Cc1ccccc1)C(=O)N1CCN(Cc2cccnc2)CC1)c1ccco1. The van der Waals surface area contributed by atoms with E-state index in [9.17, 15) is 9.59 Å². The quantitative estimate of drug-likeness (QED) is 0.637. The first-order valence-corrected chi connectivity index (χ1v) is 10.5. The molecule has 1 saturated heterocycles. The summed E-state index contributed by atoms with van der Waals surface area (Å²) in [5.74, 6) is -0.244. The molecule has 0 saturated carbocycles. The molecule has 1 fully saturated rings. The first-order valence-electron chi connectivity index (χ1n) is 10.5. The molecule has 7 nitrogen and oxygen atoms in total. The maximum absolute atomic E-state index is 13.3. The highest BCUT2D eigenvalue weighted by Gasteiger charge is 2.29. The van der Waals surface area contributed by atoms with E-state index in [1.807, 2.05) is 47.5 Å². The summed E-state index contributed by atoms with van der Waals surface area (Å²) in [4.78, 5) is 34.2. The number of aromatic nitrogens is 1. The van der Waals surface area contributed by atoms with Gasteiger partial charge < -0.3 is 14.6 Å². The van der Waals surface area contributed by atoms with Crippen LogP contribution >= 0.6 is 0 Å². The lowest BCUT2D eigenvalue weighted by Gasteiger charge is -2.36. The number of carbonyl (C=O) groups excluding carboxylic acids is 2. The summed E-state index contributed by atoms with van der Waals surface area (Å²) in [6.07, 6.45) is 5.52. The Hall–Kier alpha value is -3.45. The van der Waals surface area contributed by atoms with Crippen LogP contribution in [0.4, 0.5) is 0 Å². The van der Waals surface area contributed by atoms with Crippen LogP contribution in [-0.4, -0.2) is 58.8 Å². The highest BCUT2D eigenvalue weighted by atomic mass is 16.3. The molecule has 0 spiro atoms. The van der Waals surface area contributed by atoms with Crippen molar-refractivity contribution >= 4 is 11.8 Å². The van der Waals surface area contributed by atoms with Crippen molar-refractivity contribution in [1.29, 1.82) is 0 Å². The molecule has 1 aliphatic heterocycles. The monoisotopic (exact) mass is 418 g/mol. The zero-order valence-electron chi connectivity index (χ0n) is 17.3. The third-order valence-corrected chi connectivity index (χ3v) is 5.44. The Bertz CT molecular complexity index is 969. The zero-order valence-corrected chi connectivity index (χ0v) is 17.3. The van der Waals surface area contributed by atoms with E-state index >= 15 is 0 Å². The Morgan fingerprint density at radius 3 is 2.42 bits per heavy atom. The van der Waals surface area contributed by atoms with Gasteiger partial charge in [-0.25, -0.2) is 0 Å². The fraction of sp³-hybridized carbons (Fsp3) is 0.292. The van der Waals surface area contributed by atoms with E-state index in [4.69, 9.17) is 4.42 Å². The van der Waals surface area contributed by atoms with Gasteiger partial charge in [-0.1, -0.05) is 36.4 Å². The Morgan fingerprint density at radius 2 is 1.74 bits per heavy atom. The van der Waals surface area contributed by atoms with E-state index in [2.05, 4.69) is 21.3 Å². The maximum Gasteiger partial charge on any atom is 0.287 e. The average Bonchev–Trinajstić information content (AvgIpc) is 3.35. The van der Waals surface area contributed by atoms with E-state index in [0.29, 0.717) is 19.5 Å². The third-order valence-electron chi connectivity index (χ3n) is 5.44. The molecule has 0 bridgehead atoms. The number of nitrogens with one attached hydrogen (secondary N) is 1. The summed E-state index contributed by atoms with van der Waals surface area (Å²) in [6.45, 7) is 3.64. The molecule has 1 aromatic carbocycles. The molecule has 0 aliphatic carbocycles. The van der Waals surface area contributed by atoms with E-state index in [0.717, 1.165) is 30.8 Å². The largest absolute Gasteiger partial charge is 0.459 e. The van der Waals surface area contributed by atoms with Gasteiger partial charge in [0, 0.05) is 51.5 Å². The van der Waals surface area contributed by atoms with Gasteiger partial charge in [0.2, 0.25) is 5.91 Å². The molecule has 0 radical (unpaired) electrons. The van der Waals surface area contributed by atoms with Gasteiger partial charge in [0.25, 0.3) is 5.91 Å². The minimum atomic E-state index is -0.648. The smallest absolute Gasteiger partial charge is 0.287 e. The molecule has 3 aromatic rings. The molecular formula is C24H26N4O3.